The smallest absolute Gasteiger partial charge is 0.0843 e. The van der Waals surface area contributed by atoms with Gasteiger partial charge in [0.25, 0.3) is 0 Å². The number of aliphatic hydroxyl groups excluding tert-OH is 1. The zero-order valence-electron chi connectivity index (χ0n) is 13.2. The third-order valence-electron chi connectivity index (χ3n) is 3.51. The molecular weight excluding hydrogens is 489 g/mol. The summed E-state index contributed by atoms with van der Waals surface area (Å²) in [5.74, 6) is 0. The van der Waals surface area contributed by atoms with E-state index in [1.165, 1.54) is 10.8 Å². The summed E-state index contributed by atoms with van der Waals surface area (Å²) < 4.78 is 0. The van der Waals surface area contributed by atoms with E-state index in [1.807, 2.05) is 18.2 Å². The normalized spacial score (nSPS) is 13.0. The summed E-state index contributed by atoms with van der Waals surface area (Å²) in [5, 5.41) is 10.1. The molecule has 0 fully saturated rings. The Morgan fingerprint density at radius 2 is 1.90 bits per heavy atom. The zero-order chi connectivity index (χ0) is 15.0. The van der Waals surface area contributed by atoms with E-state index < -0.39 is 8.07 Å². The second-order valence-electron chi connectivity index (χ2n) is 5.82. The van der Waals surface area contributed by atoms with E-state index in [0.717, 1.165) is 12.5 Å². The Hall–Kier alpha value is 0.278. The molecule has 0 spiro atoms. The molecule has 1 radical (unpaired) electrons. The maximum Gasteiger partial charge on any atom is 0.0843 e. The molecule has 1 unspecified atom stereocenters. The number of aliphatic hydroxyl groups is 1. The average Bonchev–Trinajstić information content (AvgIpc) is 2.39. The van der Waals surface area contributed by atoms with Gasteiger partial charge in [0.2, 0.25) is 0 Å². The van der Waals surface area contributed by atoms with Crippen LogP contribution in [0.4, 0.5) is 0 Å². The standard InChI is InChI=1S/C17H26NOSi.Ac/c1-4-13-20(2,3)17-10-8-15(9-11-17)14-16(18)7-5-6-12-19;/h4-5,7-11,16,18-19H,1,6,12-14H2,2-3H3;/q-1;/b7-5+;. The van der Waals surface area contributed by atoms with Crippen molar-refractivity contribution < 1.29 is 49.2 Å². The molecule has 0 aliphatic heterocycles. The molecule has 1 atom stereocenters. The molecule has 0 aromatic heterocycles. The Morgan fingerprint density at radius 1 is 1.29 bits per heavy atom. The van der Waals surface area contributed by atoms with Crippen molar-refractivity contribution in [3.05, 3.63) is 60.4 Å². The molecule has 0 amide bonds. The number of benzene rings is 1. The first-order chi connectivity index (χ1) is 9.49. The van der Waals surface area contributed by atoms with E-state index in [2.05, 4.69) is 43.9 Å². The molecule has 0 aliphatic rings. The van der Waals surface area contributed by atoms with Crippen molar-refractivity contribution in [2.24, 2.45) is 0 Å². The Labute approximate surface area is 166 Å². The number of allylic oxidation sites excluding steroid dienone is 1. The van der Waals surface area contributed by atoms with Crippen LogP contribution in [-0.4, -0.2) is 25.8 Å². The Bertz CT molecular complexity index is 443. The molecular formula is C17H26AcNOSi-. The van der Waals surface area contributed by atoms with Crippen LogP contribution in [0.25, 0.3) is 5.73 Å². The van der Waals surface area contributed by atoms with E-state index in [9.17, 15) is 0 Å². The number of nitrogens with one attached hydrogen (secondary N) is 1. The summed E-state index contributed by atoms with van der Waals surface area (Å²) in [6.45, 7) is 8.71. The number of rotatable bonds is 8. The molecule has 2 nitrogen and oxygen atoms in total. The van der Waals surface area contributed by atoms with Crippen molar-refractivity contribution in [2.45, 2.75) is 38.0 Å². The van der Waals surface area contributed by atoms with Gasteiger partial charge in [-0.1, -0.05) is 54.7 Å². The average molecular weight is 515 g/mol. The van der Waals surface area contributed by atoms with Crippen molar-refractivity contribution in [1.82, 2.24) is 0 Å². The van der Waals surface area contributed by atoms with E-state index >= 15 is 0 Å². The molecule has 0 saturated carbocycles. The molecule has 1 aromatic carbocycles. The van der Waals surface area contributed by atoms with Gasteiger partial charge in [0.05, 0.1) is 8.07 Å². The molecule has 2 N–H and O–H groups in total. The first kappa shape index (κ1) is 21.3. The van der Waals surface area contributed by atoms with E-state index in [0.29, 0.717) is 6.42 Å². The van der Waals surface area contributed by atoms with Gasteiger partial charge in [0.1, 0.15) is 0 Å². The van der Waals surface area contributed by atoms with Crippen molar-refractivity contribution in [3.8, 4) is 0 Å². The molecule has 0 heterocycles. The van der Waals surface area contributed by atoms with E-state index in [4.69, 9.17) is 10.8 Å². The van der Waals surface area contributed by atoms with E-state index in [1.54, 1.807) is 0 Å². The van der Waals surface area contributed by atoms with Gasteiger partial charge in [-0.3, -0.25) is 0 Å². The first-order valence-electron chi connectivity index (χ1n) is 7.18. The van der Waals surface area contributed by atoms with E-state index in [-0.39, 0.29) is 56.7 Å². The van der Waals surface area contributed by atoms with Crippen LogP contribution in [0.1, 0.15) is 12.0 Å². The topological polar surface area (TPSA) is 44.0 Å². The van der Waals surface area contributed by atoms with Crippen LogP contribution in [-0.2, 0) is 6.42 Å². The minimum absolute atomic E-state index is 0. The summed E-state index contributed by atoms with van der Waals surface area (Å²) in [4.78, 5) is 0. The molecule has 0 saturated heterocycles. The maximum atomic E-state index is 8.70. The molecule has 0 aliphatic carbocycles. The molecule has 4 heteroatoms. The van der Waals surface area contributed by atoms with Crippen molar-refractivity contribution in [2.75, 3.05) is 6.61 Å². The van der Waals surface area contributed by atoms with Gasteiger partial charge in [-0.05, 0) is 24.4 Å². The van der Waals surface area contributed by atoms with Crippen LogP contribution >= 0.6 is 0 Å². The van der Waals surface area contributed by atoms with Gasteiger partial charge in [-0.2, -0.15) is 0 Å². The Balaban J connectivity index is 0.00000400. The molecule has 1 aromatic rings. The van der Waals surface area contributed by atoms with Gasteiger partial charge in [-0.25, -0.2) is 0 Å². The van der Waals surface area contributed by atoms with Crippen molar-refractivity contribution >= 4 is 13.3 Å². The van der Waals surface area contributed by atoms with Crippen LogP contribution < -0.4 is 5.19 Å². The minimum atomic E-state index is -1.37. The summed E-state index contributed by atoms with van der Waals surface area (Å²) in [6, 6.07) is 9.59. The van der Waals surface area contributed by atoms with Gasteiger partial charge < -0.3 is 10.8 Å². The van der Waals surface area contributed by atoms with Crippen LogP contribution in [0.15, 0.2) is 49.1 Å². The molecule has 113 valence electrons. The van der Waals surface area contributed by atoms with Crippen molar-refractivity contribution in [3.63, 3.8) is 0 Å². The second kappa shape index (κ2) is 10.9. The first-order valence-corrected chi connectivity index (χ1v) is 10.4. The summed E-state index contributed by atoms with van der Waals surface area (Å²) in [6.07, 6.45) is 7.12. The van der Waals surface area contributed by atoms with Crippen LogP contribution in [0.2, 0.25) is 19.1 Å². The number of hydrogen-bond acceptors (Lipinski definition) is 1. The zero-order valence-corrected chi connectivity index (χ0v) is 18.9. The quantitative estimate of drug-likeness (QED) is 0.417. The fourth-order valence-electron chi connectivity index (χ4n) is 2.23. The van der Waals surface area contributed by atoms with Crippen molar-refractivity contribution in [1.29, 1.82) is 0 Å². The fourth-order valence-corrected chi connectivity index (χ4v) is 4.25. The van der Waals surface area contributed by atoms with Gasteiger partial charge in [0.15, 0.2) is 0 Å². The van der Waals surface area contributed by atoms with Gasteiger partial charge in [0, 0.05) is 50.7 Å². The largest absolute Gasteiger partial charge is 0.671 e. The molecule has 1 rings (SSSR count). The monoisotopic (exact) mass is 515 g/mol. The van der Waals surface area contributed by atoms with Crippen LogP contribution in [0, 0.1) is 44.1 Å². The molecule has 0 bridgehead atoms. The maximum absolute atomic E-state index is 8.70. The van der Waals surface area contributed by atoms with Crippen LogP contribution in [0.3, 0.4) is 0 Å². The number of hydrogen-bond donors (Lipinski definition) is 1. The van der Waals surface area contributed by atoms with Gasteiger partial charge in [-0.15, -0.1) is 18.7 Å². The SMILES string of the molecule is C=CC[Si](C)(C)c1ccc(CC([NH-])/C=C/CCO)cc1.[Ac]. The summed E-state index contributed by atoms with van der Waals surface area (Å²) >= 11 is 0. The Kier molecular flexibility index (Phi) is 11.1. The fraction of sp³-hybridized carbons (Fsp3) is 0.412. The summed E-state index contributed by atoms with van der Waals surface area (Å²) in [5.41, 5.74) is 9.16. The minimum Gasteiger partial charge on any atom is -0.671 e. The van der Waals surface area contributed by atoms with Gasteiger partial charge >= 0.3 is 0 Å². The predicted molar refractivity (Wildman–Crippen MR) is 91.2 cm³/mol. The molecule has 21 heavy (non-hydrogen) atoms. The second-order valence-corrected chi connectivity index (χ2v) is 10.6. The van der Waals surface area contributed by atoms with Crippen LogP contribution in [0.5, 0.6) is 0 Å². The Morgan fingerprint density at radius 3 is 2.43 bits per heavy atom. The predicted octanol–water partition coefficient (Wildman–Crippen LogP) is 3.69. The summed E-state index contributed by atoms with van der Waals surface area (Å²) in [7, 11) is -1.37. The third-order valence-corrected chi connectivity index (χ3v) is 6.72. The third kappa shape index (κ3) is 7.90.